The number of anilines is 1. The number of hydrogen-bond acceptors (Lipinski definition) is 7. The molecule has 0 radical (unpaired) electrons. The summed E-state index contributed by atoms with van der Waals surface area (Å²) in [5, 5.41) is 6.01. The maximum absolute atomic E-state index is 13.3. The Labute approximate surface area is 183 Å². The first-order valence-electron chi connectivity index (χ1n) is 10.4. The highest BCUT2D eigenvalue weighted by Gasteiger charge is 2.34. The molecule has 1 atom stereocenters. The number of morpholine rings is 1. The number of benzene rings is 1. The summed E-state index contributed by atoms with van der Waals surface area (Å²) in [7, 11) is 0. The van der Waals surface area contributed by atoms with Gasteiger partial charge in [0.15, 0.2) is 0 Å². The summed E-state index contributed by atoms with van der Waals surface area (Å²) in [6.45, 7) is 1.92. The van der Waals surface area contributed by atoms with Gasteiger partial charge in [0.1, 0.15) is 6.04 Å². The highest BCUT2D eigenvalue weighted by Crippen LogP contribution is 2.29. The Kier molecular flexibility index (Phi) is 5.52. The van der Waals surface area contributed by atoms with Crippen LogP contribution in [0.25, 0.3) is 10.7 Å². The topological polar surface area (TPSA) is 88.8 Å². The minimum atomic E-state index is -0.439. The van der Waals surface area contributed by atoms with Gasteiger partial charge in [0.05, 0.1) is 18.1 Å². The van der Waals surface area contributed by atoms with Crippen molar-refractivity contribution in [1.29, 1.82) is 0 Å². The lowest BCUT2D eigenvalue weighted by molar-refractivity contribution is -0.119. The molecule has 1 unspecified atom stereocenters. The monoisotopic (exact) mass is 438 g/mol. The summed E-state index contributed by atoms with van der Waals surface area (Å²) in [5.41, 5.74) is 1.38. The van der Waals surface area contributed by atoms with Gasteiger partial charge in [-0.15, -0.1) is 11.3 Å². The summed E-state index contributed by atoms with van der Waals surface area (Å²) < 4.78 is 11.1. The normalized spacial score (nSPS) is 19.6. The second-order valence-electron chi connectivity index (χ2n) is 7.57. The van der Waals surface area contributed by atoms with Crippen LogP contribution in [0, 0.1) is 0 Å². The van der Waals surface area contributed by atoms with E-state index in [0.717, 1.165) is 30.0 Å². The van der Waals surface area contributed by atoms with Gasteiger partial charge >= 0.3 is 0 Å². The smallest absolute Gasteiger partial charge is 0.254 e. The van der Waals surface area contributed by atoms with Gasteiger partial charge in [-0.3, -0.25) is 9.59 Å². The molecule has 31 heavy (non-hydrogen) atoms. The molecule has 0 N–H and O–H groups in total. The second-order valence-corrected chi connectivity index (χ2v) is 8.52. The fourth-order valence-electron chi connectivity index (χ4n) is 3.96. The number of aromatic nitrogens is 2. The summed E-state index contributed by atoms with van der Waals surface area (Å²) in [6.07, 6.45) is 2.52. The number of thiophene rings is 1. The minimum absolute atomic E-state index is 0.124. The van der Waals surface area contributed by atoms with Crippen LogP contribution in [-0.4, -0.2) is 53.2 Å². The molecule has 4 heterocycles. The van der Waals surface area contributed by atoms with Crippen LogP contribution in [0.4, 0.5) is 5.69 Å². The average Bonchev–Trinajstić information content (AvgIpc) is 3.51. The molecule has 3 aromatic rings. The molecule has 2 amide bonds. The van der Waals surface area contributed by atoms with Crippen LogP contribution < -0.4 is 4.90 Å². The van der Waals surface area contributed by atoms with E-state index in [-0.39, 0.29) is 11.8 Å². The van der Waals surface area contributed by atoms with E-state index in [1.807, 2.05) is 29.6 Å². The number of nitrogens with zero attached hydrogens (tertiary/aromatic N) is 4. The molecule has 0 saturated carbocycles. The van der Waals surface area contributed by atoms with E-state index in [1.54, 1.807) is 21.9 Å². The molecular weight excluding hydrogens is 416 g/mol. The molecule has 0 bridgehead atoms. The Morgan fingerprint density at radius 2 is 2.00 bits per heavy atom. The first-order chi connectivity index (χ1) is 15.2. The molecule has 0 spiro atoms. The van der Waals surface area contributed by atoms with Crippen molar-refractivity contribution in [2.45, 2.75) is 25.3 Å². The number of amides is 2. The molecule has 9 heteroatoms. The van der Waals surface area contributed by atoms with Gasteiger partial charge in [-0.25, -0.2) is 0 Å². The molecule has 0 aliphatic carbocycles. The number of carbonyl (C=O) groups is 2. The van der Waals surface area contributed by atoms with E-state index in [0.29, 0.717) is 43.5 Å². The minimum Gasteiger partial charge on any atom is -0.377 e. The number of rotatable bonds is 4. The lowest BCUT2D eigenvalue weighted by Crippen LogP contribution is -2.43. The molecule has 2 aliphatic rings. The van der Waals surface area contributed by atoms with Crippen LogP contribution in [0.15, 0.2) is 46.3 Å². The molecule has 2 aliphatic heterocycles. The third-order valence-electron chi connectivity index (χ3n) is 5.61. The van der Waals surface area contributed by atoms with Crippen molar-refractivity contribution in [3.05, 3.63) is 53.2 Å². The van der Waals surface area contributed by atoms with Crippen molar-refractivity contribution in [2.24, 2.45) is 0 Å². The fraction of sp³-hybridized carbons (Fsp3) is 0.364. The third-order valence-corrected chi connectivity index (χ3v) is 6.47. The quantitative estimate of drug-likeness (QED) is 0.619. The predicted octanol–water partition coefficient (Wildman–Crippen LogP) is 3.53. The van der Waals surface area contributed by atoms with Crippen LogP contribution in [0.2, 0.25) is 0 Å². The van der Waals surface area contributed by atoms with Crippen molar-refractivity contribution < 1.29 is 18.8 Å². The standard InChI is InChI=1S/C22H22N4O4S/c27-19-5-1-2-10-25(19)16-8-6-15(7-9-16)22(28)26-11-12-29-14-17(26)21-23-20(24-30-21)18-4-3-13-31-18/h3-4,6-9,13,17H,1-2,5,10-12,14H2. The van der Waals surface area contributed by atoms with E-state index in [1.165, 1.54) is 11.3 Å². The van der Waals surface area contributed by atoms with Gasteiger partial charge in [-0.2, -0.15) is 4.98 Å². The lowest BCUT2D eigenvalue weighted by Gasteiger charge is -2.33. The maximum atomic E-state index is 13.3. The van der Waals surface area contributed by atoms with Gasteiger partial charge in [0.25, 0.3) is 11.8 Å². The number of carbonyl (C=O) groups excluding carboxylic acids is 2. The fourth-order valence-corrected chi connectivity index (χ4v) is 4.61. The van der Waals surface area contributed by atoms with E-state index in [2.05, 4.69) is 10.1 Å². The van der Waals surface area contributed by atoms with Gasteiger partial charge in [-0.1, -0.05) is 11.2 Å². The van der Waals surface area contributed by atoms with Crippen molar-refractivity contribution in [1.82, 2.24) is 15.0 Å². The zero-order valence-corrected chi connectivity index (χ0v) is 17.7. The summed E-state index contributed by atoms with van der Waals surface area (Å²) in [4.78, 5) is 34.4. The Hall–Kier alpha value is -3.04. The van der Waals surface area contributed by atoms with E-state index in [9.17, 15) is 9.59 Å². The molecule has 2 saturated heterocycles. The molecule has 1 aromatic carbocycles. The Bertz CT molecular complexity index is 1060. The number of piperidine rings is 1. The van der Waals surface area contributed by atoms with Crippen molar-refractivity contribution in [3.8, 4) is 10.7 Å². The molecule has 2 aromatic heterocycles. The van der Waals surface area contributed by atoms with Crippen LogP contribution in [0.1, 0.15) is 41.6 Å². The van der Waals surface area contributed by atoms with Gasteiger partial charge < -0.3 is 19.1 Å². The SMILES string of the molecule is O=C1CCCCN1c1ccc(C(=O)N2CCOCC2c2nc(-c3cccs3)no2)cc1. The zero-order chi connectivity index (χ0) is 21.2. The van der Waals surface area contributed by atoms with Gasteiger partial charge in [0, 0.05) is 30.8 Å². The Balaban J connectivity index is 1.35. The maximum Gasteiger partial charge on any atom is 0.254 e. The first kappa shape index (κ1) is 19.9. The predicted molar refractivity (Wildman–Crippen MR) is 115 cm³/mol. The van der Waals surface area contributed by atoms with E-state index in [4.69, 9.17) is 9.26 Å². The third kappa shape index (κ3) is 3.98. The van der Waals surface area contributed by atoms with Crippen molar-refractivity contribution in [2.75, 3.05) is 31.2 Å². The van der Waals surface area contributed by atoms with Crippen molar-refractivity contribution in [3.63, 3.8) is 0 Å². The van der Waals surface area contributed by atoms with Gasteiger partial charge in [-0.05, 0) is 48.6 Å². The highest BCUT2D eigenvalue weighted by atomic mass is 32.1. The molecule has 160 valence electrons. The first-order valence-corrected chi connectivity index (χ1v) is 11.3. The number of hydrogen-bond donors (Lipinski definition) is 0. The van der Waals surface area contributed by atoms with Crippen LogP contribution >= 0.6 is 11.3 Å². The average molecular weight is 439 g/mol. The highest BCUT2D eigenvalue weighted by molar-refractivity contribution is 7.13. The summed E-state index contributed by atoms with van der Waals surface area (Å²) in [6, 6.07) is 10.6. The largest absolute Gasteiger partial charge is 0.377 e. The van der Waals surface area contributed by atoms with E-state index < -0.39 is 6.04 Å². The zero-order valence-electron chi connectivity index (χ0n) is 16.9. The Morgan fingerprint density at radius 1 is 1.13 bits per heavy atom. The Morgan fingerprint density at radius 3 is 2.77 bits per heavy atom. The van der Waals surface area contributed by atoms with Crippen LogP contribution in [-0.2, 0) is 9.53 Å². The number of ether oxygens (including phenoxy) is 1. The lowest BCUT2D eigenvalue weighted by atomic mass is 10.1. The summed E-state index contributed by atoms with van der Waals surface area (Å²) in [5.74, 6) is 0.891. The van der Waals surface area contributed by atoms with Crippen molar-refractivity contribution >= 4 is 28.8 Å². The molecule has 2 fully saturated rings. The van der Waals surface area contributed by atoms with Crippen LogP contribution in [0.5, 0.6) is 0 Å². The molecule has 5 rings (SSSR count). The van der Waals surface area contributed by atoms with Crippen LogP contribution in [0.3, 0.4) is 0 Å². The molecule has 8 nitrogen and oxygen atoms in total. The van der Waals surface area contributed by atoms with Gasteiger partial charge in [0.2, 0.25) is 11.7 Å². The second kappa shape index (κ2) is 8.60. The van der Waals surface area contributed by atoms with E-state index >= 15 is 0 Å². The molecular formula is C22H22N4O4S. The summed E-state index contributed by atoms with van der Waals surface area (Å²) >= 11 is 1.53.